The van der Waals surface area contributed by atoms with Crippen molar-refractivity contribution in [1.82, 2.24) is 4.57 Å². The maximum absolute atomic E-state index is 13.1. The summed E-state index contributed by atoms with van der Waals surface area (Å²) >= 11 is 3.08. The second-order valence-corrected chi connectivity index (χ2v) is 4.90. The van der Waals surface area contributed by atoms with E-state index in [0.29, 0.717) is 4.47 Å². The van der Waals surface area contributed by atoms with Crippen LogP contribution in [0.15, 0.2) is 45.8 Å². The van der Waals surface area contributed by atoms with Gasteiger partial charge in [0.25, 0.3) is 0 Å². The van der Waals surface area contributed by atoms with Crippen LogP contribution in [0.25, 0.3) is 0 Å². The highest BCUT2D eigenvalue weighted by Gasteiger charge is 2.12. The largest absolute Gasteiger partial charge is 0.488 e. The Morgan fingerprint density at radius 3 is 2.58 bits per heavy atom. The Morgan fingerprint density at radius 2 is 2.00 bits per heavy atom. The topological polar surface area (TPSA) is 62.5 Å². The van der Waals surface area contributed by atoms with Crippen molar-refractivity contribution in [3.05, 3.63) is 62.7 Å². The van der Waals surface area contributed by atoms with Gasteiger partial charge in [-0.25, -0.2) is 4.39 Å². The average molecular weight is 326 g/mol. The van der Waals surface area contributed by atoms with E-state index in [-0.39, 0.29) is 23.4 Å². The third-order valence-electron chi connectivity index (χ3n) is 2.66. The Labute approximate surface area is 117 Å². The SMILES string of the molecule is O=c1cc(B(O)O)ccn1Cc1ccc(F)c(Br)c1. The molecule has 4 nitrogen and oxygen atoms in total. The zero-order valence-corrected chi connectivity index (χ0v) is 11.3. The fourth-order valence-electron chi connectivity index (χ4n) is 1.65. The lowest BCUT2D eigenvalue weighted by Gasteiger charge is -2.07. The number of aromatic nitrogens is 1. The predicted molar refractivity (Wildman–Crippen MR) is 73.7 cm³/mol. The van der Waals surface area contributed by atoms with Gasteiger partial charge in [-0.1, -0.05) is 6.07 Å². The molecule has 0 radical (unpaired) electrons. The van der Waals surface area contributed by atoms with Gasteiger partial charge in [-0.05, 0) is 45.2 Å². The second-order valence-electron chi connectivity index (χ2n) is 4.05. The molecule has 0 aliphatic heterocycles. The van der Waals surface area contributed by atoms with Crippen molar-refractivity contribution in [3.8, 4) is 0 Å². The molecular formula is C12H10BBrFNO3. The van der Waals surface area contributed by atoms with E-state index in [9.17, 15) is 9.18 Å². The van der Waals surface area contributed by atoms with E-state index in [1.165, 1.54) is 22.9 Å². The van der Waals surface area contributed by atoms with Gasteiger partial charge in [-0.3, -0.25) is 4.79 Å². The number of benzene rings is 1. The van der Waals surface area contributed by atoms with Crippen LogP contribution in [0.4, 0.5) is 4.39 Å². The lowest BCUT2D eigenvalue weighted by molar-refractivity contribution is 0.425. The minimum absolute atomic E-state index is 0.140. The van der Waals surface area contributed by atoms with Crippen LogP contribution in [-0.2, 0) is 6.54 Å². The summed E-state index contributed by atoms with van der Waals surface area (Å²) in [5.41, 5.74) is 0.542. The smallest absolute Gasteiger partial charge is 0.423 e. The Bertz CT molecular complexity index is 660. The molecular weight excluding hydrogens is 316 g/mol. The lowest BCUT2D eigenvalue weighted by Crippen LogP contribution is -2.35. The number of hydrogen-bond acceptors (Lipinski definition) is 3. The third-order valence-corrected chi connectivity index (χ3v) is 3.26. The van der Waals surface area contributed by atoms with Gasteiger partial charge in [0, 0.05) is 12.3 Å². The van der Waals surface area contributed by atoms with Gasteiger partial charge in [0.15, 0.2) is 0 Å². The molecule has 2 rings (SSSR count). The summed E-state index contributed by atoms with van der Waals surface area (Å²) in [6.45, 7) is 0.277. The molecule has 0 unspecified atom stereocenters. The summed E-state index contributed by atoms with van der Waals surface area (Å²) in [6, 6.07) is 7.10. The van der Waals surface area contributed by atoms with Gasteiger partial charge < -0.3 is 14.6 Å². The van der Waals surface area contributed by atoms with E-state index in [1.807, 2.05) is 0 Å². The van der Waals surface area contributed by atoms with Crippen LogP contribution in [0.1, 0.15) is 5.56 Å². The van der Waals surface area contributed by atoms with Crippen LogP contribution in [0.2, 0.25) is 0 Å². The van der Waals surface area contributed by atoms with Gasteiger partial charge in [-0.15, -0.1) is 0 Å². The average Bonchev–Trinajstić information content (AvgIpc) is 2.36. The van der Waals surface area contributed by atoms with Crippen molar-refractivity contribution >= 4 is 28.5 Å². The Kier molecular flexibility index (Phi) is 4.19. The highest BCUT2D eigenvalue weighted by Crippen LogP contribution is 2.17. The van der Waals surface area contributed by atoms with E-state index < -0.39 is 7.12 Å². The summed E-state index contributed by atoms with van der Waals surface area (Å²) in [5.74, 6) is -0.366. The van der Waals surface area contributed by atoms with Crippen LogP contribution < -0.4 is 11.0 Å². The summed E-state index contributed by atoms with van der Waals surface area (Å²) in [5, 5.41) is 17.9. The summed E-state index contributed by atoms with van der Waals surface area (Å²) in [7, 11) is -1.66. The molecule has 0 saturated carbocycles. The number of pyridine rings is 1. The molecule has 0 aliphatic carbocycles. The van der Waals surface area contributed by atoms with Crippen molar-refractivity contribution in [2.75, 3.05) is 0 Å². The van der Waals surface area contributed by atoms with E-state index in [1.54, 1.807) is 12.1 Å². The molecule has 1 aromatic heterocycles. The van der Waals surface area contributed by atoms with Crippen LogP contribution >= 0.6 is 15.9 Å². The van der Waals surface area contributed by atoms with Crippen LogP contribution in [0.5, 0.6) is 0 Å². The fraction of sp³-hybridized carbons (Fsp3) is 0.0833. The van der Waals surface area contributed by atoms with Crippen molar-refractivity contribution in [3.63, 3.8) is 0 Å². The molecule has 0 amide bonds. The number of nitrogens with zero attached hydrogens (tertiary/aromatic N) is 1. The van der Waals surface area contributed by atoms with Gasteiger partial charge in [-0.2, -0.15) is 0 Å². The molecule has 2 aromatic rings. The van der Waals surface area contributed by atoms with Crippen molar-refractivity contribution in [1.29, 1.82) is 0 Å². The van der Waals surface area contributed by atoms with Crippen LogP contribution in [0, 0.1) is 5.82 Å². The monoisotopic (exact) mass is 325 g/mol. The molecule has 0 bridgehead atoms. The molecule has 7 heteroatoms. The molecule has 98 valence electrons. The normalized spacial score (nSPS) is 10.5. The second kappa shape index (κ2) is 5.69. The minimum Gasteiger partial charge on any atom is -0.423 e. The number of hydrogen-bond donors (Lipinski definition) is 2. The van der Waals surface area contributed by atoms with Gasteiger partial charge in [0.05, 0.1) is 11.0 Å². The Hall–Kier alpha value is -1.44. The van der Waals surface area contributed by atoms with E-state index in [4.69, 9.17) is 10.0 Å². The van der Waals surface area contributed by atoms with Gasteiger partial charge >= 0.3 is 7.12 Å². The fourth-order valence-corrected chi connectivity index (χ4v) is 2.08. The van der Waals surface area contributed by atoms with Crippen molar-refractivity contribution < 1.29 is 14.4 Å². The summed E-state index contributed by atoms with van der Waals surface area (Å²) in [4.78, 5) is 11.8. The quantitative estimate of drug-likeness (QED) is 0.807. The number of rotatable bonds is 3. The zero-order chi connectivity index (χ0) is 14.0. The predicted octanol–water partition coefficient (Wildman–Crippen LogP) is 0.478. The van der Waals surface area contributed by atoms with Gasteiger partial charge in [0.2, 0.25) is 5.56 Å². The van der Waals surface area contributed by atoms with Gasteiger partial charge in [0.1, 0.15) is 5.82 Å². The first-order chi connectivity index (χ1) is 8.97. The maximum atomic E-state index is 13.1. The summed E-state index contributed by atoms with van der Waals surface area (Å²) in [6.07, 6.45) is 1.47. The number of halogens is 2. The van der Waals surface area contributed by atoms with Crippen LogP contribution in [0.3, 0.4) is 0 Å². The summed E-state index contributed by atoms with van der Waals surface area (Å²) < 4.78 is 14.8. The molecule has 0 atom stereocenters. The van der Waals surface area contributed by atoms with Crippen molar-refractivity contribution in [2.24, 2.45) is 0 Å². The highest BCUT2D eigenvalue weighted by molar-refractivity contribution is 9.10. The molecule has 0 saturated heterocycles. The van der Waals surface area contributed by atoms with Crippen LogP contribution in [-0.4, -0.2) is 21.7 Å². The molecule has 1 heterocycles. The molecule has 19 heavy (non-hydrogen) atoms. The highest BCUT2D eigenvalue weighted by atomic mass is 79.9. The minimum atomic E-state index is -1.66. The standard InChI is InChI=1S/C12H10BBrFNO3/c14-10-5-8(1-2-11(10)15)7-16-4-3-9(13(18)19)6-12(16)17/h1-6,18-19H,7H2. The first-order valence-electron chi connectivity index (χ1n) is 5.48. The first kappa shape index (κ1) is 14.0. The molecule has 0 fully saturated rings. The first-order valence-corrected chi connectivity index (χ1v) is 6.27. The Balaban J connectivity index is 2.28. The zero-order valence-electron chi connectivity index (χ0n) is 9.75. The van der Waals surface area contributed by atoms with E-state index >= 15 is 0 Å². The molecule has 2 N–H and O–H groups in total. The molecule has 0 aliphatic rings. The van der Waals surface area contributed by atoms with E-state index in [0.717, 1.165) is 11.6 Å². The molecule has 0 spiro atoms. The molecule has 1 aromatic carbocycles. The Morgan fingerprint density at radius 1 is 1.26 bits per heavy atom. The van der Waals surface area contributed by atoms with E-state index in [2.05, 4.69) is 15.9 Å². The lowest BCUT2D eigenvalue weighted by atomic mass is 9.81. The third kappa shape index (κ3) is 3.31. The maximum Gasteiger partial charge on any atom is 0.488 e. The van der Waals surface area contributed by atoms with Crippen molar-refractivity contribution in [2.45, 2.75) is 6.54 Å².